The molecule has 0 aromatic heterocycles. The van der Waals surface area contributed by atoms with Crippen molar-refractivity contribution in [3.8, 4) is 23.0 Å². The van der Waals surface area contributed by atoms with Crippen molar-refractivity contribution < 1.29 is 27.4 Å². The zero-order valence-corrected chi connectivity index (χ0v) is 15.3. The Balaban J connectivity index is 2.25. The van der Waals surface area contributed by atoms with Gasteiger partial charge in [0.25, 0.3) is 0 Å². The van der Waals surface area contributed by atoms with Crippen LogP contribution in [0.4, 0.5) is 0 Å². The third kappa shape index (κ3) is 4.34. The number of nitrogens with one attached hydrogen (secondary N) is 1. The molecule has 0 radical (unpaired) electrons. The van der Waals surface area contributed by atoms with Gasteiger partial charge >= 0.3 is 0 Å². The minimum absolute atomic E-state index is 0.0526. The Kier molecular flexibility index (Phi) is 6.11. The molecule has 2 aromatic rings. The van der Waals surface area contributed by atoms with Crippen molar-refractivity contribution >= 4 is 10.0 Å². The van der Waals surface area contributed by atoms with Crippen molar-refractivity contribution in [2.45, 2.75) is 11.4 Å². The van der Waals surface area contributed by atoms with E-state index in [4.69, 9.17) is 18.9 Å². The molecule has 2 aromatic carbocycles. The molecule has 7 nitrogen and oxygen atoms in total. The second-order valence-corrected chi connectivity index (χ2v) is 6.79. The van der Waals surface area contributed by atoms with E-state index in [2.05, 4.69) is 4.72 Å². The number of hydrogen-bond donors (Lipinski definition) is 1. The summed E-state index contributed by atoms with van der Waals surface area (Å²) >= 11 is 0. The summed E-state index contributed by atoms with van der Waals surface area (Å²) in [7, 11) is 2.25. The van der Waals surface area contributed by atoms with Crippen LogP contribution >= 0.6 is 0 Å². The number of methoxy groups -OCH3 is 4. The monoisotopic (exact) mass is 367 g/mol. The van der Waals surface area contributed by atoms with Gasteiger partial charge in [-0.05, 0) is 30.3 Å². The summed E-state index contributed by atoms with van der Waals surface area (Å²) in [4.78, 5) is 0.0759. The molecule has 0 aliphatic rings. The van der Waals surface area contributed by atoms with Crippen molar-refractivity contribution in [3.63, 3.8) is 0 Å². The van der Waals surface area contributed by atoms with Crippen LogP contribution in [0.2, 0.25) is 0 Å². The molecule has 8 heteroatoms. The van der Waals surface area contributed by atoms with Crippen LogP contribution in [0.15, 0.2) is 41.3 Å². The summed E-state index contributed by atoms with van der Waals surface area (Å²) in [5.74, 6) is 1.97. The Morgan fingerprint density at radius 3 is 2.04 bits per heavy atom. The van der Waals surface area contributed by atoms with Crippen LogP contribution in [-0.4, -0.2) is 36.9 Å². The van der Waals surface area contributed by atoms with Crippen molar-refractivity contribution in [2.75, 3.05) is 28.4 Å². The van der Waals surface area contributed by atoms with Gasteiger partial charge in [0.05, 0.1) is 33.3 Å². The normalized spacial score (nSPS) is 11.0. The third-order valence-corrected chi connectivity index (χ3v) is 5.00. The molecule has 0 aliphatic heterocycles. The summed E-state index contributed by atoms with van der Waals surface area (Å²) in [6, 6.07) is 9.58. The molecule has 0 bridgehead atoms. The van der Waals surface area contributed by atoms with E-state index in [1.807, 2.05) is 0 Å². The van der Waals surface area contributed by atoms with Crippen molar-refractivity contribution in [2.24, 2.45) is 0 Å². The Labute approximate surface area is 147 Å². The van der Waals surface area contributed by atoms with Crippen LogP contribution in [0.1, 0.15) is 5.56 Å². The van der Waals surface area contributed by atoms with Crippen LogP contribution in [0.3, 0.4) is 0 Å². The van der Waals surface area contributed by atoms with Gasteiger partial charge in [-0.3, -0.25) is 0 Å². The van der Waals surface area contributed by atoms with Gasteiger partial charge in [-0.15, -0.1) is 0 Å². The molecule has 0 saturated carbocycles. The maximum absolute atomic E-state index is 12.5. The van der Waals surface area contributed by atoms with Crippen LogP contribution < -0.4 is 23.7 Å². The van der Waals surface area contributed by atoms with E-state index in [-0.39, 0.29) is 11.4 Å². The van der Waals surface area contributed by atoms with E-state index < -0.39 is 10.0 Å². The van der Waals surface area contributed by atoms with Crippen LogP contribution in [0, 0.1) is 0 Å². The number of rotatable bonds is 8. The molecule has 25 heavy (non-hydrogen) atoms. The molecule has 0 saturated heterocycles. The predicted molar refractivity (Wildman–Crippen MR) is 93.1 cm³/mol. The van der Waals surface area contributed by atoms with Crippen molar-refractivity contribution in [3.05, 3.63) is 42.0 Å². The Bertz CT molecular complexity index is 835. The largest absolute Gasteiger partial charge is 0.497 e. The first-order valence-electron chi connectivity index (χ1n) is 7.37. The molecule has 0 atom stereocenters. The average molecular weight is 367 g/mol. The third-order valence-electron chi connectivity index (χ3n) is 3.61. The second kappa shape index (κ2) is 8.09. The summed E-state index contributed by atoms with van der Waals surface area (Å²) in [5.41, 5.74) is 0.658. The fourth-order valence-corrected chi connectivity index (χ4v) is 3.28. The summed E-state index contributed by atoms with van der Waals surface area (Å²) in [6.45, 7) is 0.0526. The molecule has 136 valence electrons. The van der Waals surface area contributed by atoms with E-state index in [0.717, 1.165) is 0 Å². The fraction of sp³-hybridized carbons (Fsp3) is 0.294. The van der Waals surface area contributed by atoms with E-state index in [1.165, 1.54) is 33.5 Å². The molecule has 2 rings (SSSR count). The van der Waals surface area contributed by atoms with Crippen molar-refractivity contribution in [1.29, 1.82) is 0 Å². The van der Waals surface area contributed by atoms with Gasteiger partial charge in [0.1, 0.15) is 11.5 Å². The van der Waals surface area contributed by atoms with Crippen molar-refractivity contribution in [1.82, 2.24) is 4.72 Å². The summed E-state index contributed by atoms with van der Waals surface area (Å²) < 4.78 is 48.3. The summed E-state index contributed by atoms with van der Waals surface area (Å²) in [6.07, 6.45) is 0. The van der Waals surface area contributed by atoms with Gasteiger partial charge in [-0.25, -0.2) is 13.1 Å². The van der Waals surface area contributed by atoms with Crippen LogP contribution in [0.5, 0.6) is 23.0 Å². The van der Waals surface area contributed by atoms with Crippen LogP contribution in [0.25, 0.3) is 0 Å². The SMILES string of the molecule is COc1ccc(OC)c(CNS(=O)(=O)c2ccc(OC)c(OC)c2)c1. The zero-order valence-electron chi connectivity index (χ0n) is 14.5. The fourth-order valence-electron chi connectivity index (χ4n) is 2.26. The molecule has 0 amide bonds. The van der Waals surface area contributed by atoms with Gasteiger partial charge in [0.15, 0.2) is 11.5 Å². The second-order valence-electron chi connectivity index (χ2n) is 5.02. The van der Waals surface area contributed by atoms with E-state index >= 15 is 0 Å². The number of ether oxygens (including phenoxy) is 4. The van der Waals surface area contributed by atoms with Crippen LogP contribution in [-0.2, 0) is 16.6 Å². The molecule has 0 aliphatic carbocycles. The van der Waals surface area contributed by atoms with E-state index in [1.54, 1.807) is 31.4 Å². The topological polar surface area (TPSA) is 83.1 Å². The standard InChI is InChI=1S/C17H21NO6S/c1-21-13-5-7-15(22-2)12(9-13)11-18-25(19,20)14-6-8-16(23-3)17(10-14)24-4/h5-10,18H,11H2,1-4H3. The number of sulfonamides is 1. The molecule has 0 spiro atoms. The van der Waals surface area contributed by atoms with Gasteiger partial charge < -0.3 is 18.9 Å². The van der Waals surface area contributed by atoms with E-state index in [9.17, 15) is 8.42 Å². The smallest absolute Gasteiger partial charge is 0.241 e. The number of benzene rings is 2. The minimum atomic E-state index is -3.74. The highest BCUT2D eigenvalue weighted by molar-refractivity contribution is 7.89. The molecule has 1 N–H and O–H groups in total. The van der Waals surface area contributed by atoms with Gasteiger partial charge in [-0.1, -0.05) is 0 Å². The van der Waals surface area contributed by atoms with E-state index in [0.29, 0.717) is 28.6 Å². The highest BCUT2D eigenvalue weighted by Gasteiger charge is 2.18. The quantitative estimate of drug-likeness (QED) is 0.770. The Hall–Kier alpha value is -2.45. The first-order chi connectivity index (χ1) is 11.9. The van der Waals surface area contributed by atoms with Gasteiger partial charge in [0, 0.05) is 18.2 Å². The lowest BCUT2D eigenvalue weighted by Gasteiger charge is -2.13. The average Bonchev–Trinajstić information content (AvgIpc) is 2.65. The molecular formula is C17H21NO6S. The molecule has 0 fully saturated rings. The lowest BCUT2D eigenvalue weighted by molar-refractivity contribution is 0.354. The Morgan fingerprint density at radius 1 is 0.800 bits per heavy atom. The molecular weight excluding hydrogens is 346 g/mol. The minimum Gasteiger partial charge on any atom is -0.497 e. The van der Waals surface area contributed by atoms with Gasteiger partial charge in [-0.2, -0.15) is 0 Å². The highest BCUT2D eigenvalue weighted by Crippen LogP contribution is 2.30. The maximum atomic E-state index is 12.5. The molecule has 0 heterocycles. The lowest BCUT2D eigenvalue weighted by Crippen LogP contribution is -2.23. The highest BCUT2D eigenvalue weighted by atomic mass is 32.2. The first-order valence-corrected chi connectivity index (χ1v) is 8.86. The maximum Gasteiger partial charge on any atom is 0.241 e. The first kappa shape index (κ1) is 18.9. The van der Waals surface area contributed by atoms with Gasteiger partial charge in [0.2, 0.25) is 10.0 Å². The molecule has 0 unspecified atom stereocenters. The summed E-state index contributed by atoms with van der Waals surface area (Å²) in [5, 5.41) is 0. The predicted octanol–water partition coefficient (Wildman–Crippen LogP) is 2.20. The number of hydrogen-bond acceptors (Lipinski definition) is 6. The lowest BCUT2D eigenvalue weighted by atomic mass is 10.2. The zero-order chi connectivity index (χ0) is 18.4. The Morgan fingerprint density at radius 2 is 1.44 bits per heavy atom.